The Hall–Kier alpha value is -2.02. The van der Waals surface area contributed by atoms with Crippen molar-refractivity contribution in [1.29, 1.82) is 0 Å². The molecule has 116 valence electrons. The molecule has 4 rings (SSSR count). The standard InChI is InChI=1S/C5H5O2.C4H4N.C3H4NO.C3H4NS/c1-4-2-3-7-5(4)6;1-2-4-5-3-1;2*1-2-5-3-4-1/h3H,1-2H2;1-4H;2*1-2H2. The second-order valence-electron chi connectivity index (χ2n) is 3.85. The van der Waals surface area contributed by atoms with E-state index in [1.807, 2.05) is 12.2 Å². The molecule has 0 bridgehead atoms. The molecule has 0 aromatic carbocycles. The Bertz CT molecular complexity index is 407. The fourth-order valence-corrected chi connectivity index (χ4v) is 1.55. The molecule has 0 N–H and O–H groups in total. The molecule has 4 radical (unpaired) electrons. The lowest BCUT2D eigenvalue weighted by Crippen LogP contribution is -1.90. The van der Waals surface area contributed by atoms with E-state index in [2.05, 4.69) is 43.3 Å². The summed E-state index contributed by atoms with van der Waals surface area (Å²) in [7, 11) is 0. The Morgan fingerprint density at radius 1 is 1.23 bits per heavy atom. The molecule has 0 aliphatic carbocycles. The van der Waals surface area contributed by atoms with Crippen molar-refractivity contribution >= 4 is 29.7 Å². The summed E-state index contributed by atoms with van der Waals surface area (Å²) >= 11 is 1.66. The summed E-state index contributed by atoms with van der Waals surface area (Å²) in [4.78, 5) is 17.6. The van der Waals surface area contributed by atoms with Crippen LogP contribution in [-0.4, -0.2) is 43.4 Å². The molecule has 0 saturated carbocycles. The molecule has 7 heteroatoms. The number of ether oxygens (including phenoxy) is 2. The van der Waals surface area contributed by atoms with E-state index < -0.39 is 0 Å². The number of allylic oxidation sites excluding steroid dienone is 2. The highest BCUT2D eigenvalue weighted by Gasteiger charge is 2.15. The fraction of sp³-hybridized carbons (Fsp3) is 0.333. The maximum atomic E-state index is 10.2. The molecule has 0 spiro atoms. The van der Waals surface area contributed by atoms with Crippen LogP contribution in [0.15, 0.2) is 46.7 Å². The zero-order chi connectivity index (χ0) is 15.9. The third kappa shape index (κ3) is 9.82. The maximum absolute atomic E-state index is 10.2. The van der Waals surface area contributed by atoms with E-state index in [-0.39, 0.29) is 5.97 Å². The summed E-state index contributed by atoms with van der Waals surface area (Å²) in [6.45, 7) is 7.37. The van der Waals surface area contributed by atoms with Crippen molar-refractivity contribution in [2.75, 3.05) is 25.4 Å². The molecule has 1 saturated heterocycles. The Morgan fingerprint density at radius 3 is 2.23 bits per heavy atom. The van der Waals surface area contributed by atoms with Gasteiger partial charge >= 0.3 is 5.97 Å². The summed E-state index contributed by atoms with van der Waals surface area (Å²) in [6, 6.07) is 0. The molecule has 4 heterocycles. The largest absolute Gasteiger partial charge is 0.472 e. The highest BCUT2D eigenvalue weighted by molar-refractivity contribution is 8.12. The maximum Gasteiger partial charge on any atom is 0.333 e. The number of hydrogen-bond acceptors (Lipinski definition) is 6. The van der Waals surface area contributed by atoms with Gasteiger partial charge in [-0.1, -0.05) is 6.58 Å². The van der Waals surface area contributed by atoms with E-state index in [1.165, 1.54) is 6.61 Å². The minimum Gasteiger partial charge on any atom is -0.472 e. The van der Waals surface area contributed by atoms with Gasteiger partial charge in [-0.15, -0.1) is 11.8 Å². The number of nitrogens with zero attached hydrogens (tertiary/aromatic N) is 3. The van der Waals surface area contributed by atoms with Crippen molar-refractivity contribution < 1.29 is 14.3 Å². The van der Waals surface area contributed by atoms with Gasteiger partial charge in [-0.05, 0) is 12.2 Å². The topological polar surface area (TPSA) is 74.4 Å². The van der Waals surface area contributed by atoms with Gasteiger partial charge < -0.3 is 9.47 Å². The van der Waals surface area contributed by atoms with Crippen LogP contribution in [0.5, 0.6) is 0 Å². The molecule has 4 aliphatic heterocycles. The zero-order valence-corrected chi connectivity index (χ0v) is 12.9. The summed E-state index contributed by atoms with van der Waals surface area (Å²) in [5.74, 6) is 0.847. The summed E-state index contributed by atoms with van der Waals surface area (Å²) in [6.07, 6.45) is 10.2. The Balaban J connectivity index is 0.000000148. The first-order valence-electron chi connectivity index (χ1n) is 6.59. The van der Waals surface area contributed by atoms with E-state index >= 15 is 0 Å². The van der Waals surface area contributed by atoms with Gasteiger partial charge in [0, 0.05) is 36.7 Å². The number of carbonyl (C=O) groups is 1. The van der Waals surface area contributed by atoms with Gasteiger partial charge in [0.1, 0.15) is 18.8 Å². The SMILES string of the molecule is C1=C[N]C=C1.C=C1C[CH]OC1=O.[C]1=NCCO1.[C]1=NCCS1. The summed E-state index contributed by atoms with van der Waals surface area (Å²) < 4.78 is 8.93. The van der Waals surface area contributed by atoms with Crippen molar-refractivity contribution in [3.8, 4) is 0 Å². The second-order valence-corrected chi connectivity index (χ2v) is 4.73. The lowest BCUT2D eigenvalue weighted by molar-refractivity contribution is -0.132. The Morgan fingerprint density at radius 2 is 2.05 bits per heavy atom. The van der Waals surface area contributed by atoms with Crippen molar-refractivity contribution in [2.45, 2.75) is 6.42 Å². The Kier molecular flexibility index (Phi) is 10.4. The second kappa shape index (κ2) is 12.7. The zero-order valence-electron chi connectivity index (χ0n) is 12.1. The van der Waals surface area contributed by atoms with E-state index in [1.54, 1.807) is 24.2 Å². The van der Waals surface area contributed by atoms with Gasteiger partial charge in [0.2, 0.25) is 0 Å². The third-order valence-corrected chi connectivity index (χ3v) is 2.78. The monoisotopic (exact) mass is 319 g/mol. The summed E-state index contributed by atoms with van der Waals surface area (Å²) in [5.41, 5.74) is 3.31. The lowest BCUT2D eigenvalue weighted by Gasteiger charge is -1.81. The number of hydrogen-bond donors (Lipinski definition) is 0. The smallest absolute Gasteiger partial charge is 0.333 e. The molecule has 0 unspecified atom stereocenters. The molecular formula is C15H17N3O3S. The van der Waals surface area contributed by atoms with Gasteiger partial charge in [0.25, 0.3) is 6.40 Å². The predicted octanol–water partition coefficient (Wildman–Crippen LogP) is 1.84. The average Bonchev–Trinajstić information content (AvgIpc) is 3.36. The number of rotatable bonds is 0. The van der Waals surface area contributed by atoms with Crippen molar-refractivity contribution in [3.05, 3.63) is 43.3 Å². The van der Waals surface area contributed by atoms with E-state index in [9.17, 15) is 4.79 Å². The van der Waals surface area contributed by atoms with Crippen LogP contribution in [0.4, 0.5) is 0 Å². The number of aliphatic imine (C=N–C) groups is 2. The number of esters is 1. The first kappa shape index (κ1) is 18.0. The quantitative estimate of drug-likeness (QED) is 0.504. The van der Waals surface area contributed by atoms with Gasteiger partial charge in [-0.2, -0.15) is 0 Å². The van der Waals surface area contributed by atoms with Crippen LogP contribution in [0.2, 0.25) is 0 Å². The highest BCUT2D eigenvalue weighted by atomic mass is 32.2. The molecule has 0 amide bonds. The fourth-order valence-electron chi connectivity index (χ4n) is 1.09. The molecule has 0 aromatic rings. The minimum atomic E-state index is -0.292. The lowest BCUT2D eigenvalue weighted by atomic mass is 10.3. The molecule has 4 aliphatic rings. The van der Waals surface area contributed by atoms with Gasteiger partial charge in [-0.25, -0.2) is 9.79 Å². The van der Waals surface area contributed by atoms with Gasteiger partial charge in [0.05, 0.1) is 6.54 Å². The van der Waals surface area contributed by atoms with Crippen molar-refractivity contribution in [3.63, 3.8) is 0 Å². The first-order valence-corrected chi connectivity index (χ1v) is 7.58. The summed E-state index contributed by atoms with van der Waals surface area (Å²) in [5, 5.41) is 3.72. The van der Waals surface area contributed by atoms with Gasteiger partial charge in [-0.3, -0.25) is 10.3 Å². The third-order valence-electron chi connectivity index (χ3n) is 2.13. The minimum absolute atomic E-state index is 0.292. The van der Waals surface area contributed by atoms with Crippen LogP contribution in [0.3, 0.4) is 0 Å². The van der Waals surface area contributed by atoms with E-state index in [0.717, 1.165) is 25.4 Å². The normalized spacial score (nSPS) is 19.1. The van der Waals surface area contributed by atoms with Gasteiger partial charge in [0.15, 0.2) is 0 Å². The average molecular weight is 319 g/mol. The highest BCUT2D eigenvalue weighted by Crippen LogP contribution is 2.12. The van der Waals surface area contributed by atoms with Crippen LogP contribution in [0.25, 0.3) is 0 Å². The van der Waals surface area contributed by atoms with Crippen LogP contribution >= 0.6 is 11.8 Å². The molecule has 0 atom stereocenters. The van der Waals surface area contributed by atoms with Crippen molar-refractivity contribution in [1.82, 2.24) is 5.32 Å². The van der Waals surface area contributed by atoms with Crippen LogP contribution in [-0.2, 0) is 14.3 Å². The number of cyclic esters (lactones) is 1. The van der Waals surface area contributed by atoms with Crippen LogP contribution in [0.1, 0.15) is 6.42 Å². The molecule has 0 aromatic heterocycles. The molecular weight excluding hydrogens is 302 g/mol. The number of carbonyl (C=O) groups excluding carboxylic acids is 1. The Labute approximate surface area is 135 Å². The first-order chi connectivity index (χ1) is 10.8. The molecule has 1 fully saturated rings. The molecule has 22 heavy (non-hydrogen) atoms. The van der Waals surface area contributed by atoms with Crippen LogP contribution < -0.4 is 5.32 Å². The van der Waals surface area contributed by atoms with E-state index in [4.69, 9.17) is 0 Å². The predicted molar refractivity (Wildman–Crippen MR) is 87.6 cm³/mol. The van der Waals surface area contributed by atoms with Crippen molar-refractivity contribution in [2.24, 2.45) is 9.98 Å². The van der Waals surface area contributed by atoms with E-state index in [0.29, 0.717) is 12.0 Å². The number of thioether (sulfide) groups is 1. The molecule has 6 nitrogen and oxygen atoms in total. The van der Waals surface area contributed by atoms with Crippen LogP contribution in [0, 0.1) is 6.61 Å².